The van der Waals surface area contributed by atoms with E-state index in [9.17, 15) is 13.2 Å². The van der Waals surface area contributed by atoms with Crippen molar-refractivity contribution in [1.29, 1.82) is 0 Å². The number of halogens is 1. The van der Waals surface area contributed by atoms with Gasteiger partial charge in [0.2, 0.25) is 0 Å². The number of nitrogens with two attached hydrogens (primary N) is 1. The highest BCUT2D eigenvalue weighted by molar-refractivity contribution is 14.0. The molecule has 0 aromatic carbocycles. The molecule has 2 aromatic rings. The number of H-pyrrole nitrogens is 2. The molecule has 0 saturated carbocycles. The number of primary amides is 1. The molecular weight excluding hydrogens is 399 g/mol. The summed E-state index contributed by atoms with van der Waals surface area (Å²) < 4.78 is 32.2. The third kappa shape index (κ3) is 2.24. The summed E-state index contributed by atoms with van der Waals surface area (Å²) in [5.41, 5.74) is 6.13. The molecule has 0 bridgehead atoms. The maximum absolute atomic E-state index is 12.2. The lowest BCUT2D eigenvalue weighted by Gasteiger charge is -2.15. The van der Waals surface area contributed by atoms with Crippen molar-refractivity contribution in [2.75, 3.05) is 4.72 Å². The summed E-state index contributed by atoms with van der Waals surface area (Å²) in [7, 11) is -3.83. The highest BCUT2D eigenvalue weighted by atomic mass is 127. The highest BCUT2D eigenvalue weighted by Crippen LogP contribution is 2.33. The Balaban J connectivity index is 0.00000147. The van der Waals surface area contributed by atoms with Crippen LogP contribution in [-0.2, 0) is 16.6 Å². The van der Waals surface area contributed by atoms with Crippen LogP contribution in [0.2, 0.25) is 0 Å². The Morgan fingerprint density at radius 1 is 1.30 bits per heavy atom. The molecule has 1 aliphatic rings. The fourth-order valence-corrected chi connectivity index (χ4v) is 3.09. The molecule has 5 N–H and O–H groups in total. The number of anilines is 1. The monoisotopic (exact) mass is 410 g/mol. The maximum atomic E-state index is 12.2. The van der Waals surface area contributed by atoms with Crippen molar-refractivity contribution in [2.45, 2.75) is 11.5 Å². The van der Waals surface area contributed by atoms with E-state index in [2.05, 4.69) is 14.7 Å². The third-order valence-corrected chi connectivity index (χ3v) is 4.15. The quantitative estimate of drug-likeness (QED) is 0.517. The Labute approximate surface area is 131 Å². The zero-order chi connectivity index (χ0) is 13.6. The van der Waals surface area contributed by atoms with Crippen LogP contribution in [0.25, 0.3) is 0 Å². The summed E-state index contributed by atoms with van der Waals surface area (Å²) in [5, 5.41) is 0. The number of nitrogens with one attached hydrogen (secondary N) is 3. The van der Waals surface area contributed by atoms with Crippen LogP contribution in [-0.4, -0.2) is 24.3 Å². The van der Waals surface area contributed by atoms with Crippen LogP contribution in [0.4, 0.5) is 5.69 Å². The number of fused-ring (bicyclic) bond motifs is 2. The van der Waals surface area contributed by atoms with Gasteiger partial charge in [-0.1, -0.05) is 0 Å². The first-order valence-corrected chi connectivity index (χ1v) is 6.80. The third-order valence-electron chi connectivity index (χ3n) is 2.78. The SMILES string of the molecule is I.NC(=O)c1[nH]cc2c1OCc1c[nH]cc1NS2(=O)=O. The molecule has 3 rings (SSSR count). The van der Waals surface area contributed by atoms with Gasteiger partial charge >= 0.3 is 0 Å². The van der Waals surface area contributed by atoms with Gasteiger partial charge in [-0.25, -0.2) is 8.42 Å². The normalized spacial score (nSPS) is 15.4. The summed E-state index contributed by atoms with van der Waals surface area (Å²) in [6.07, 6.45) is 4.30. The molecule has 8 nitrogen and oxygen atoms in total. The molecule has 2 aromatic heterocycles. The van der Waals surface area contributed by atoms with Gasteiger partial charge in [0, 0.05) is 24.2 Å². The molecule has 108 valence electrons. The molecule has 0 fully saturated rings. The van der Waals surface area contributed by atoms with Crippen LogP contribution in [0.5, 0.6) is 5.75 Å². The molecule has 0 unspecified atom stereocenters. The first-order valence-electron chi connectivity index (χ1n) is 5.31. The fraction of sp³-hybridized carbons (Fsp3) is 0.100. The van der Waals surface area contributed by atoms with Crippen molar-refractivity contribution < 1.29 is 17.9 Å². The molecule has 0 radical (unpaired) electrons. The predicted molar refractivity (Wildman–Crippen MR) is 80.7 cm³/mol. The fourth-order valence-electron chi connectivity index (χ4n) is 1.88. The summed E-state index contributed by atoms with van der Waals surface area (Å²) in [6, 6.07) is 0. The van der Waals surface area contributed by atoms with Gasteiger partial charge in [-0.2, -0.15) is 0 Å². The lowest BCUT2D eigenvalue weighted by Crippen LogP contribution is -2.18. The lowest BCUT2D eigenvalue weighted by molar-refractivity contribution is 0.0991. The minimum Gasteiger partial charge on any atom is -0.485 e. The van der Waals surface area contributed by atoms with Crippen molar-refractivity contribution in [3.63, 3.8) is 0 Å². The number of ether oxygens (including phenoxy) is 1. The van der Waals surface area contributed by atoms with Gasteiger partial charge in [0.15, 0.2) is 5.75 Å². The van der Waals surface area contributed by atoms with Crippen molar-refractivity contribution in [3.8, 4) is 5.75 Å². The predicted octanol–water partition coefficient (Wildman–Crippen LogP) is 0.753. The standard InChI is InChI=1S/C10H10N4O4S.HI/c11-10(15)8-9-7(3-13-8)19(16,17)14-6-2-12-1-5(6)4-18-9;/h1-3,12-14H,4H2,(H2,11,15);1H. The molecule has 0 saturated heterocycles. The Hall–Kier alpha value is -1.69. The van der Waals surface area contributed by atoms with E-state index in [0.29, 0.717) is 11.3 Å². The van der Waals surface area contributed by atoms with Gasteiger partial charge in [0.1, 0.15) is 17.2 Å². The molecule has 10 heteroatoms. The maximum Gasteiger partial charge on any atom is 0.269 e. The number of hydrogen-bond acceptors (Lipinski definition) is 4. The van der Waals surface area contributed by atoms with E-state index in [4.69, 9.17) is 10.5 Å². The van der Waals surface area contributed by atoms with E-state index in [0.717, 1.165) is 0 Å². The zero-order valence-corrected chi connectivity index (χ0v) is 13.1. The van der Waals surface area contributed by atoms with Crippen molar-refractivity contribution in [2.24, 2.45) is 5.73 Å². The second-order valence-corrected chi connectivity index (χ2v) is 5.66. The largest absolute Gasteiger partial charge is 0.485 e. The number of hydrogen-bond donors (Lipinski definition) is 4. The first-order chi connectivity index (χ1) is 8.99. The van der Waals surface area contributed by atoms with Crippen LogP contribution < -0.4 is 15.2 Å². The molecule has 1 amide bonds. The number of sulfonamides is 1. The molecule has 0 atom stereocenters. The summed E-state index contributed by atoms with van der Waals surface area (Å²) in [5.74, 6) is -0.849. The molecular formula is C10H11IN4O4S. The van der Waals surface area contributed by atoms with Gasteiger partial charge in [-0.15, -0.1) is 24.0 Å². The van der Waals surface area contributed by atoms with Crippen molar-refractivity contribution in [3.05, 3.63) is 29.8 Å². The van der Waals surface area contributed by atoms with Crippen molar-refractivity contribution in [1.82, 2.24) is 9.97 Å². The van der Waals surface area contributed by atoms with Crippen LogP contribution in [0.15, 0.2) is 23.5 Å². The van der Waals surface area contributed by atoms with E-state index in [1.165, 1.54) is 12.4 Å². The van der Waals surface area contributed by atoms with Gasteiger partial charge in [-0.3, -0.25) is 9.52 Å². The second-order valence-electron chi connectivity index (χ2n) is 4.01. The number of carbonyl (C=O) groups is 1. The van der Waals surface area contributed by atoms with Gasteiger partial charge in [0.25, 0.3) is 15.9 Å². The van der Waals surface area contributed by atoms with Gasteiger partial charge in [0.05, 0.1) is 5.69 Å². The van der Waals surface area contributed by atoms with Crippen LogP contribution >= 0.6 is 24.0 Å². The van der Waals surface area contributed by atoms with E-state index in [1.807, 2.05) is 0 Å². The van der Waals surface area contributed by atoms with Crippen LogP contribution in [0.3, 0.4) is 0 Å². The Kier molecular flexibility index (Phi) is 3.69. The topological polar surface area (TPSA) is 130 Å². The molecule has 0 aliphatic carbocycles. The van der Waals surface area contributed by atoms with Crippen LogP contribution in [0, 0.1) is 0 Å². The number of carbonyl (C=O) groups excluding carboxylic acids is 1. The molecule has 3 heterocycles. The van der Waals surface area contributed by atoms with E-state index in [1.54, 1.807) is 6.20 Å². The zero-order valence-electron chi connectivity index (χ0n) is 9.97. The smallest absolute Gasteiger partial charge is 0.269 e. The average Bonchev–Trinajstić information content (AvgIpc) is 2.90. The lowest BCUT2D eigenvalue weighted by atomic mass is 10.3. The summed E-state index contributed by atoms with van der Waals surface area (Å²) in [6.45, 7) is 0.118. The number of aromatic nitrogens is 2. The number of amides is 1. The number of aromatic amines is 2. The summed E-state index contributed by atoms with van der Waals surface area (Å²) >= 11 is 0. The second kappa shape index (κ2) is 5.01. The minimum absolute atomic E-state index is 0. The molecule has 20 heavy (non-hydrogen) atoms. The molecule has 1 aliphatic heterocycles. The number of rotatable bonds is 1. The van der Waals surface area contributed by atoms with Crippen molar-refractivity contribution >= 4 is 45.6 Å². The van der Waals surface area contributed by atoms with E-state index in [-0.39, 0.29) is 46.9 Å². The van der Waals surface area contributed by atoms with Crippen LogP contribution in [0.1, 0.15) is 16.1 Å². The van der Waals surface area contributed by atoms with Gasteiger partial charge in [-0.05, 0) is 0 Å². The highest BCUT2D eigenvalue weighted by Gasteiger charge is 2.29. The first kappa shape index (κ1) is 14.7. The Morgan fingerprint density at radius 2 is 2.05 bits per heavy atom. The minimum atomic E-state index is -3.83. The Morgan fingerprint density at radius 3 is 2.75 bits per heavy atom. The van der Waals surface area contributed by atoms with Gasteiger partial charge < -0.3 is 20.4 Å². The average molecular weight is 410 g/mol. The van der Waals surface area contributed by atoms with E-state index >= 15 is 0 Å². The molecule has 0 spiro atoms. The van der Waals surface area contributed by atoms with E-state index < -0.39 is 15.9 Å². The summed E-state index contributed by atoms with van der Waals surface area (Å²) in [4.78, 5) is 16.4. The Bertz CT molecular complexity index is 764.